The Labute approximate surface area is 182 Å². The minimum absolute atomic E-state index is 0.0120. The Bertz CT molecular complexity index is 1040. The summed E-state index contributed by atoms with van der Waals surface area (Å²) in [7, 11) is 0. The van der Waals surface area contributed by atoms with Crippen LogP contribution in [0.4, 0.5) is 10.5 Å². The summed E-state index contributed by atoms with van der Waals surface area (Å²) in [5.41, 5.74) is 1.88. The molecule has 0 aromatic heterocycles. The number of nitrogens with zero attached hydrogens (tertiary/aromatic N) is 2. The molecule has 1 aliphatic heterocycles. The van der Waals surface area contributed by atoms with Crippen LogP contribution in [-0.4, -0.2) is 54.5 Å². The molecule has 1 heterocycles. The number of carbonyl (C=O) groups excluding carboxylic acids is 2. The van der Waals surface area contributed by atoms with Gasteiger partial charge in [0.2, 0.25) is 5.91 Å². The number of carbonyl (C=O) groups is 2. The average Bonchev–Trinajstić information content (AvgIpc) is 3.04. The third-order valence-corrected chi connectivity index (χ3v) is 5.58. The number of amides is 3. The summed E-state index contributed by atoms with van der Waals surface area (Å²) in [6.45, 7) is 3.66. The zero-order chi connectivity index (χ0) is 21.5. The van der Waals surface area contributed by atoms with Crippen LogP contribution in [0.25, 0.3) is 10.8 Å². The van der Waals surface area contributed by atoms with Crippen LogP contribution in [0.5, 0.6) is 0 Å². The van der Waals surface area contributed by atoms with Crippen LogP contribution in [0.3, 0.4) is 0 Å². The van der Waals surface area contributed by atoms with Gasteiger partial charge in [0.05, 0.1) is 6.54 Å². The largest absolute Gasteiger partial charge is 0.351 e. The maximum atomic E-state index is 12.8. The summed E-state index contributed by atoms with van der Waals surface area (Å²) in [6.07, 6.45) is 0.844. The summed E-state index contributed by atoms with van der Waals surface area (Å²) in [4.78, 5) is 29.0. The van der Waals surface area contributed by atoms with Gasteiger partial charge in [-0.3, -0.25) is 9.69 Å². The molecule has 0 saturated carbocycles. The van der Waals surface area contributed by atoms with E-state index in [1.807, 2.05) is 71.6 Å². The van der Waals surface area contributed by atoms with Crippen molar-refractivity contribution in [2.24, 2.45) is 0 Å². The number of hydrogen-bond donors (Lipinski definition) is 2. The molecule has 0 unspecified atom stereocenters. The number of benzene rings is 3. The van der Waals surface area contributed by atoms with Crippen molar-refractivity contribution in [1.29, 1.82) is 0 Å². The van der Waals surface area contributed by atoms with Crippen LogP contribution >= 0.6 is 0 Å². The highest BCUT2D eigenvalue weighted by atomic mass is 16.2. The minimum Gasteiger partial charge on any atom is -0.351 e. The lowest BCUT2D eigenvalue weighted by Crippen LogP contribution is -2.40. The van der Waals surface area contributed by atoms with Crippen LogP contribution in [0.1, 0.15) is 12.0 Å². The highest BCUT2D eigenvalue weighted by molar-refractivity contribution is 5.93. The van der Waals surface area contributed by atoms with Gasteiger partial charge >= 0.3 is 6.03 Å². The van der Waals surface area contributed by atoms with Gasteiger partial charge in [-0.15, -0.1) is 0 Å². The first-order valence-corrected chi connectivity index (χ1v) is 10.7. The Morgan fingerprint density at radius 2 is 1.58 bits per heavy atom. The second-order valence-electron chi connectivity index (χ2n) is 7.87. The standard InChI is InChI=1S/C25H28N4O2/c30-24(26-18-20-7-2-1-3-8-20)19-28-13-6-14-29(16-15-28)25(31)27-23-12-11-21-9-4-5-10-22(21)17-23/h1-5,7-12,17H,6,13-16,18-19H2,(H,26,30)(H,27,31). The Kier molecular flexibility index (Phi) is 6.79. The second kappa shape index (κ2) is 10.1. The second-order valence-corrected chi connectivity index (χ2v) is 7.87. The van der Waals surface area contributed by atoms with Gasteiger partial charge in [-0.1, -0.05) is 60.7 Å². The lowest BCUT2D eigenvalue weighted by atomic mass is 10.1. The van der Waals surface area contributed by atoms with Crippen molar-refractivity contribution in [3.05, 3.63) is 78.4 Å². The summed E-state index contributed by atoms with van der Waals surface area (Å²) in [5, 5.41) is 8.24. The van der Waals surface area contributed by atoms with Crippen molar-refractivity contribution >= 4 is 28.4 Å². The molecule has 0 bridgehead atoms. The molecule has 3 aromatic rings. The fourth-order valence-electron chi connectivity index (χ4n) is 3.86. The molecule has 6 nitrogen and oxygen atoms in total. The number of urea groups is 1. The van der Waals surface area contributed by atoms with Crippen molar-refractivity contribution < 1.29 is 9.59 Å². The van der Waals surface area contributed by atoms with Crippen molar-refractivity contribution in [2.75, 3.05) is 38.0 Å². The molecule has 6 heteroatoms. The number of fused-ring (bicyclic) bond motifs is 1. The van der Waals surface area contributed by atoms with E-state index >= 15 is 0 Å². The first kappa shape index (κ1) is 20.9. The lowest BCUT2D eigenvalue weighted by molar-refractivity contribution is -0.122. The molecule has 1 fully saturated rings. The maximum Gasteiger partial charge on any atom is 0.321 e. The van der Waals surface area contributed by atoms with Gasteiger partial charge < -0.3 is 15.5 Å². The Balaban J connectivity index is 1.26. The molecule has 3 amide bonds. The molecule has 31 heavy (non-hydrogen) atoms. The van der Waals surface area contributed by atoms with Gasteiger partial charge in [-0.05, 0) is 34.9 Å². The van der Waals surface area contributed by atoms with E-state index in [1.165, 1.54) is 0 Å². The Morgan fingerprint density at radius 1 is 0.806 bits per heavy atom. The quantitative estimate of drug-likeness (QED) is 0.667. The van der Waals surface area contributed by atoms with Crippen LogP contribution in [0.15, 0.2) is 72.8 Å². The van der Waals surface area contributed by atoms with Crippen molar-refractivity contribution in [2.45, 2.75) is 13.0 Å². The summed E-state index contributed by atoms with van der Waals surface area (Å²) >= 11 is 0. The van der Waals surface area contributed by atoms with E-state index in [-0.39, 0.29) is 11.9 Å². The monoisotopic (exact) mass is 416 g/mol. The number of nitrogens with one attached hydrogen (secondary N) is 2. The van der Waals surface area contributed by atoms with Gasteiger partial charge in [0.15, 0.2) is 0 Å². The van der Waals surface area contributed by atoms with E-state index in [9.17, 15) is 9.59 Å². The zero-order valence-corrected chi connectivity index (χ0v) is 17.6. The molecule has 0 spiro atoms. The SMILES string of the molecule is O=C(CN1CCCN(C(=O)Nc2ccc3ccccc3c2)CC1)NCc1ccccc1. The maximum absolute atomic E-state index is 12.8. The van der Waals surface area contributed by atoms with Gasteiger partial charge in [-0.2, -0.15) is 0 Å². The molecule has 2 N–H and O–H groups in total. The third kappa shape index (κ3) is 5.83. The minimum atomic E-state index is -0.0920. The number of anilines is 1. The fourth-order valence-corrected chi connectivity index (χ4v) is 3.86. The first-order valence-electron chi connectivity index (χ1n) is 10.7. The Morgan fingerprint density at radius 3 is 2.42 bits per heavy atom. The number of rotatable bonds is 5. The van der Waals surface area contributed by atoms with Crippen molar-refractivity contribution in [1.82, 2.24) is 15.1 Å². The van der Waals surface area contributed by atoms with Crippen LogP contribution in [-0.2, 0) is 11.3 Å². The predicted octanol–water partition coefficient (Wildman–Crippen LogP) is 3.70. The van der Waals surface area contributed by atoms with Gasteiger partial charge in [0.25, 0.3) is 0 Å². The summed E-state index contributed by atoms with van der Waals surface area (Å²) in [6, 6.07) is 23.8. The van der Waals surface area contributed by atoms with Crippen LogP contribution < -0.4 is 10.6 Å². The topological polar surface area (TPSA) is 64.7 Å². The highest BCUT2D eigenvalue weighted by Crippen LogP contribution is 2.19. The lowest BCUT2D eigenvalue weighted by Gasteiger charge is -2.22. The van der Waals surface area contributed by atoms with E-state index in [1.54, 1.807) is 0 Å². The zero-order valence-electron chi connectivity index (χ0n) is 17.6. The van der Waals surface area contributed by atoms with Gasteiger partial charge in [0, 0.05) is 38.4 Å². The molecule has 1 aliphatic rings. The van der Waals surface area contributed by atoms with Crippen molar-refractivity contribution in [3.8, 4) is 0 Å². The normalized spacial score (nSPS) is 14.8. The molecule has 0 atom stereocenters. The highest BCUT2D eigenvalue weighted by Gasteiger charge is 2.20. The molecule has 4 rings (SSSR count). The fraction of sp³-hybridized carbons (Fsp3) is 0.280. The molecule has 3 aromatic carbocycles. The van der Waals surface area contributed by atoms with Gasteiger partial charge in [0.1, 0.15) is 0 Å². The van der Waals surface area contributed by atoms with Gasteiger partial charge in [-0.25, -0.2) is 4.79 Å². The van der Waals surface area contributed by atoms with E-state index in [4.69, 9.17) is 0 Å². The molecule has 1 saturated heterocycles. The molecule has 160 valence electrons. The molecule has 0 radical (unpaired) electrons. The smallest absolute Gasteiger partial charge is 0.321 e. The summed E-state index contributed by atoms with van der Waals surface area (Å²) in [5.74, 6) is 0.0120. The predicted molar refractivity (Wildman–Crippen MR) is 124 cm³/mol. The van der Waals surface area contributed by atoms with Crippen molar-refractivity contribution in [3.63, 3.8) is 0 Å². The molecular weight excluding hydrogens is 388 g/mol. The Hall–Kier alpha value is -3.38. The van der Waals surface area contributed by atoms with E-state index in [0.717, 1.165) is 35.0 Å². The summed E-state index contributed by atoms with van der Waals surface area (Å²) < 4.78 is 0. The number of hydrogen-bond acceptors (Lipinski definition) is 3. The van der Waals surface area contributed by atoms with E-state index in [0.29, 0.717) is 32.7 Å². The first-order chi connectivity index (χ1) is 15.2. The van der Waals surface area contributed by atoms with Crippen LogP contribution in [0, 0.1) is 0 Å². The van der Waals surface area contributed by atoms with Crippen LogP contribution in [0.2, 0.25) is 0 Å². The molecular formula is C25H28N4O2. The van der Waals surface area contributed by atoms with E-state index in [2.05, 4.69) is 21.6 Å². The molecule has 0 aliphatic carbocycles. The third-order valence-electron chi connectivity index (χ3n) is 5.58. The van der Waals surface area contributed by atoms with E-state index < -0.39 is 0 Å². The average molecular weight is 417 g/mol.